The average Bonchev–Trinajstić information content (AvgIpc) is 3.36. The van der Waals surface area contributed by atoms with Gasteiger partial charge in [-0.05, 0) is 86.2 Å². The lowest BCUT2D eigenvalue weighted by molar-refractivity contribution is 0.412. The van der Waals surface area contributed by atoms with Gasteiger partial charge in [0.15, 0.2) is 5.11 Å². The number of nitrogens with zero attached hydrogens (tertiary/aromatic N) is 3. The van der Waals surface area contributed by atoms with E-state index in [1.807, 2.05) is 42.2 Å². The van der Waals surface area contributed by atoms with Gasteiger partial charge in [0, 0.05) is 27.6 Å². The lowest BCUT2D eigenvalue weighted by Gasteiger charge is -2.29. The Morgan fingerprint density at radius 3 is 2.42 bits per heavy atom. The van der Waals surface area contributed by atoms with Crippen molar-refractivity contribution in [3.63, 3.8) is 0 Å². The van der Waals surface area contributed by atoms with E-state index < -0.39 is 0 Å². The van der Waals surface area contributed by atoms with E-state index in [1.165, 1.54) is 0 Å². The number of aromatic hydroxyl groups is 1. The zero-order valence-electron chi connectivity index (χ0n) is 19.9. The molecule has 0 unspecified atom stereocenters. The molecule has 1 aliphatic rings. The fraction of sp³-hybridized carbons (Fsp3) is 0.185. The van der Waals surface area contributed by atoms with Crippen LogP contribution in [-0.4, -0.2) is 26.9 Å². The molecule has 2 aromatic carbocycles. The van der Waals surface area contributed by atoms with Crippen molar-refractivity contribution in [1.29, 1.82) is 0 Å². The number of benzene rings is 2. The topological polar surface area (TPSA) is 62.5 Å². The Morgan fingerprint density at radius 1 is 1.00 bits per heavy atom. The zero-order valence-corrected chi connectivity index (χ0v) is 22.2. The third kappa shape index (κ3) is 4.17. The quantitative estimate of drug-likeness (QED) is 0.276. The first-order valence-electron chi connectivity index (χ1n) is 11.3. The number of hydrogen-bond donors (Lipinski definition) is 2. The van der Waals surface area contributed by atoms with Crippen LogP contribution in [0.5, 0.6) is 11.5 Å². The van der Waals surface area contributed by atoms with Crippen molar-refractivity contribution in [1.82, 2.24) is 14.9 Å². The molecule has 9 heteroatoms. The molecule has 184 valence electrons. The predicted molar refractivity (Wildman–Crippen MR) is 148 cm³/mol. The molecule has 4 aromatic rings. The molecule has 0 bridgehead atoms. The number of rotatable bonds is 5. The summed E-state index contributed by atoms with van der Waals surface area (Å²) in [5, 5.41) is 15.8. The Balaban J connectivity index is 1.73. The fourth-order valence-electron chi connectivity index (χ4n) is 4.92. The van der Waals surface area contributed by atoms with Crippen LogP contribution in [0, 0.1) is 13.8 Å². The monoisotopic (exact) mass is 538 g/mol. The standard InChI is InChI=1S/C27H24Cl2N4O2S/c1-15-12-19(16(2)32(15)22-14-18(29)8-10-24(22)35-3)26-25(20-6-4-5-11-30-20)31-27(36)33(26)21-13-17(28)7-9-23(21)34/h4-14,25-26,34H,1-3H3,(H,31,36)/t25-,26+/m0/s1. The number of nitrogens with one attached hydrogen (secondary N) is 1. The van der Waals surface area contributed by atoms with E-state index in [0.29, 0.717) is 26.6 Å². The molecule has 1 fully saturated rings. The number of anilines is 1. The minimum Gasteiger partial charge on any atom is -0.506 e. The number of methoxy groups -OCH3 is 1. The SMILES string of the molecule is COc1ccc(Cl)cc1-n1c(C)cc([C@@H]2[C@H](c3ccccn3)NC(=S)N2c2cc(Cl)ccc2O)c1C. The van der Waals surface area contributed by atoms with Crippen molar-refractivity contribution in [3.8, 4) is 17.2 Å². The van der Waals surface area contributed by atoms with Crippen LogP contribution in [0.15, 0.2) is 66.9 Å². The van der Waals surface area contributed by atoms with E-state index in [2.05, 4.69) is 27.9 Å². The molecule has 2 N–H and O–H groups in total. The summed E-state index contributed by atoms with van der Waals surface area (Å²) in [6.07, 6.45) is 1.76. The predicted octanol–water partition coefficient (Wildman–Crippen LogP) is 6.69. The molecule has 1 aliphatic heterocycles. The molecular weight excluding hydrogens is 515 g/mol. The number of phenolic OH excluding ortho intramolecular Hbond substituents is 1. The summed E-state index contributed by atoms with van der Waals surface area (Å²) in [6.45, 7) is 4.09. The lowest BCUT2D eigenvalue weighted by Crippen LogP contribution is -2.29. The largest absolute Gasteiger partial charge is 0.506 e. The Hall–Kier alpha value is -3.26. The minimum atomic E-state index is -0.318. The second kappa shape index (κ2) is 9.65. The van der Waals surface area contributed by atoms with Gasteiger partial charge in [-0.25, -0.2) is 0 Å². The highest BCUT2D eigenvalue weighted by Gasteiger charge is 2.43. The third-order valence-corrected chi connectivity index (χ3v) is 7.25. The number of aryl methyl sites for hydroxylation is 1. The smallest absolute Gasteiger partial charge is 0.174 e. The summed E-state index contributed by atoms with van der Waals surface area (Å²) >= 11 is 18.5. The van der Waals surface area contributed by atoms with Gasteiger partial charge < -0.3 is 24.6 Å². The number of pyridine rings is 1. The van der Waals surface area contributed by atoms with E-state index in [1.54, 1.807) is 37.6 Å². The van der Waals surface area contributed by atoms with Gasteiger partial charge in [-0.2, -0.15) is 0 Å². The molecule has 36 heavy (non-hydrogen) atoms. The van der Waals surface area contributed by atoms with Crippen molar-refractivity contribution >= 4 is 46.2 Å². The van der Waals surface area contributed by atoms with Crippen molar-refractivity contribution in [2.75, 3.05) is 12.0 Å². The highest BCUT2D eigenvalue weighted by atomic mass is 35.5. The molecule has 1 saturated heterocycles. The summed E-state index contributed by atoms with van der Waals surface area (Å²) in [4.78, 5) is 6.53. The Bertz CT molecular complexity index is 1460. The molecule has 5 rings (SSSR count). The van der Waals surface area contributed by atoms with Crippen LogP contribution in [0.25, 0.3) is 5.69 Å². The van der Waals surface area contributed by atoms with Crippen LogP contribution in [0.4, 0.5) is 5.69 Å². The van der Waals surface area contributed by atoms with Gasteiger partial charge in [0.05, 0.1) is 36.3 Å². The van der Waals surface area contributed by atoms with Gasteiger partial charge in [-0.15, -0.1) is 0 Å². The minimum absolute atomic E-state index is 0.0838. The summed E-state index contributed by atoms with van der Waals surface area (Å²) in [6, 6.07) is 17.8. The van der Waals surface area contributed by atoms with Gasteiger partial charge in [0.25, 0.3) is 0 Å². The highest BCUT2D eigenvalue weighted by Crippen LogP contribution is 2.46. The molecule has 0 radical (unpaired) electrons. The molecule has 6 nitrogen and oxygen atoms in total. The second-order valence-electron chi connectivity index (χ2n) is 8.61. The van der Waals surface area contributed by atoms with Crippen LogP contribution >= 0.6 is 35.4 Å². The van der Waals surface area contributed by atoms with Crippen LogP contribution in [0.2, 0.25) is 10.0 Å². The Kier molecular flexibility index (Phi) is 6.55. The maximum absolute atomic E-state index is 10.8. The number of aromatic nitrogens is 2. The van der Waals surface area contributed by atoms with Crippen LogP contribution in [0.3, 0.4) is 0 Å². The van der Waals surface area contributed by atoms with E-state index in [9.17, 15) is 5.11 Å². The first-order chi connectivity index (χ1) is 17.3. The molecule has 0 saturated carbocycles. The number of phenols is 1. The van der Waals surface area contributed by atoms with Gasteiger partial charge >= 0.3 is 0 Å². The first kappa shape index (κ1) is 24.4. The molecule has 2 aromatic heterocycles. The number of thiocarbonyl (C=S) groups is 1. The summed E-state index contributed by atoms with van der Waals surface area (Å²) in [5.41, 5.74) is 5.18. The maximum Gasteiger partial charge on any atom is 0.174 e. The average molecular weight is 539 g/mol. The third-order valence-electron chi connectivity index (χ3n) is 6.47. The normalized spacial score (nSPS) is 17.4. The van der Waals surface area contributed by atoms with E-state index in [4.69, 9.17) is 40.2 Å². The van der Waals surface area contributed by atoms with E-state index in [-0.39, 0.29) is 17.8 Å². The van der Waals surface area contributed by atoms with Crippen LogP contribution in [-0.2, 0) is 0 Å². The van der Waals surface area contributed by atoms with Crippen molar-refractivity contribution < 1.29 is 9.84 Å². The van der Waals surface area contributed by atoms with E-state index >= 15 is 0 Å². The highest BCUT2D eigenvalue weighted by molar-refractivity contribution is 7.80. The van der Waals surface area contributed by atoms with E-state index in [0.717, 1.165) is 28.3 Å². The first-order valence-corrected chi connectivity index (χ1v) is 12.5. The molecule has 0 spiro atoms. The molecule has 0 aliphatic carbocycles. The Morgan fingerprint density at radius 2 is 1.72 bits per heavy atom. The molecule has 0 amide bonds. The molecule has 2 atom stereocenters. The zero-order chi connectivity index (χ0) is 25.6. The van der Waals surface area contributed by atoms with Crippen LogP contribution in [0.1, 0.15) is 34.7 Å². The van der Waals surface area contributed by atoms with Gasteiger partial charge in [-0.1, -0.05) is 29.3 Å². The molecular formula is C27H24Cl2N4O2S. The Labute approximate surface area is 225 Å². The van der Waals surface area contributed by atoms with Crippen molar-refractivity contribution in [2.45, 2.75) is 25.9 Å². The summed E-state index contributed by atoms with van der Waals surface area (Å²) in [5.74, 6) is 0.791. The van der Waals surface area contributed by atoms with Gasteiger partial charge in [-0.3, -0.25) is 4.98 Å². The fourth-order valence-corrected chi connectivity index (χ4v) is 5.59. The molecule has 3 heterocycles. The lowest BCUT2D eigenvalue weighted by atomic mass is 9.96. The van der Waals surface area contributed by atoms with Crippen LogP contribution < -0.4 is 15.0 Å². The second-order valence-corrected chi connectivity index (χ2v) is 9.87. The van der Waals surface area contributed by atoms with Crippen molar-refractivity contribution in [2.24, 2.45) is 0 Å². The van der Waals surface area contributed by atoms with Gasteiger partial charge in [0.2, 0.25) is 0 Å². The maximum atomic E-state index is 10.8. The number of ether oxygens (including phenoxy) is 1. The summed E-state index contributed by atoms with van der Waals surface area (Å²) in [7, 11) is 1.64. The number of hydrogen-bond acceptors (Lipinski definition) is 4. The number of halogens is 2. The van der Waals surface area contributed by atoms with Gasteiger partial charge in [0.1, 0.15) is 11.5 Å². The summed E-state index contributed by atoms with van der Waals surface area (Å²) < 4.78 is 7.76. The van der Waals surface area contributed by atoms with Crippen molar-refractivity contribution in [3.05, 3.63) is 99.6 Å².